The molecule has 1 aliphatic rings. The molecular formula is C22H26ClN3O4S. The lowest BCUT2D eigenvalue weighted by Crippen LogP contribution is -2.47. The van der Waals surface area contributed by atoms with Crippen LogP contribution in [-0.4, -0.2) is 32.3 Å². The number of halogens is 1. The largest absolute Gasteiger partial charge is 0.325 e. The number of amides is 2. The number of nitrogens with zero attached hydrogens (tertiary/aromatic N) is 1. The maximum absolute atomic E-state index is 13.1. The number of carbonyl (C=O) groups excluding carboxylic acids is 2. The number of fused-ring (bicyclic) bond motifs is 1. The molecule has 0 aliphatic carbocycles. The van der Waals surface area contributed by atoms with Crippen LogP contribution >= 0.6 is 11.6 Å². The summed E-state index contributed by atoms with van der Waals surface area (Å²) in [5.41, 5.74) is 1.99. The van der Waals surface area contributed by atoms with Gasteiger partial charge >= 0.3 is 0 Å². The molecule has 1 aliphatic heterocycles. The lowest BCUT2D eigenvalue weighted by atomic mass is 10.0. The topological polar surface area (TPSA) is 95.6 Å². The van der Waals surface area contributed by atoms with Crippen molar-refractivity contribution in [1.29, 1.82) is 0 Å². The summed E-state index contributed by atoms with van der Waals surface area (Å²) in [6.07, 6.45) is 0.571. The molecule has 166 valence electrons. The van der Waals surface area contributed by atoms with Crippen LogP contribution in [0, 0.1) is 5.92 Å². The van der Waals surface area contributed by atoms with E-state index in [-0.39, 0.29) is 22.8 Å². The van der Waals surface area contributed by atoms with Crippen LogP contribution < -0.4 is 14.9 Å². The van der Waals surface area contributed by atoms with Crippen molar-refractivity contribution in [2.45, 2.75) is 51.1 Å². The molecule has 2 aromatic carbocycles. The fourth-order valence-electron chi connectivity index (χ4n) is 3.77. The molecule has 0 saturated carbocycles. The van der Waals surface area contributed by atoms with E-state index in [1.807, 2.05) is 6.92 Å². The van der Waals surface area contributed by atoms with Crippen molar-refractivity contribution in [3.63, 3.8) is 0 Å². The Kier molecular flexibility index (Phi) is 6.73. The Balaban J connectivity index is 1.83. The molecular weight excluding hydrogens is 438 g/mol. The lowest BCUT2D eigenvalue weighted by molar-refractivity contribution is -0.118. The number of anilines is 2. The van der Waals surface area contributed by atoms with E-state index in [1.54, 1.807) is 55.1 Å². The second kappa shape index (κ2) is 8.98. The van der Waals surface area contributed by atoms with E-state index < -0.39 is 22.0 Å². The number of hydrogen-bond donors (Lipinski definition) is 2. The van der Waals surface area contributed by atoms with E-state index in [2.05, 4.69) is 10.0 Å². The second-order valence-corrected chi connectivity index (χ2v) is 10.2. The van der Waals surface area contributed by atoms with Crippen molar-refractivity contribution < 1.29 is 18.0 Å². The molecule has 0 bridgehead atoms. The van der Waals surface area contributed by atoms with Crippen LogP contribution in [0.4, 0.5) is 11.4 Å². The van der Waals surface area contributed by atoms with Gasteiger partial charge < -0.3 is 10.2 Å². The molecule has 2 amide bonds. The van der Waals surface area contributed by atoms with Gasteiger partial charge in [-0.1, -0.05) is 31.5 Å². The monoisotopic (exact) mass is 463 g/mol. The Labute approximate surface area is 187 Å². The van der Waals surface area contributed by atoms with Crippen LogP contribution in [0.1, 0.15) is 33.3 Å². The van der Waals surface area contributed by atoms with Crippen molar-refractivity contribution in [3.05, 3.63) is 53.1 Å². The van der Waals surface area contributed by atoms with Crippen molar-refractivity contribution in [2.24, 2.45) is 5.92 Å². The van der Waals surface area contributed by atoms with E-state index in [4.69, 9.17) is 11.6 Å². The van der Waals surface area contributed by atoms with Crippen LogP contribution in [0.25, 0.3) is 0 Å². The summed E-state index contributed by atoms with van der Waals surface area (Å²) in [5.74, 6) is -0.854. The molecule has 1 heterocycles. The Morgan fingerprint density at radius 3 is 2.48 bits per heavy atom. The average Bonchev–Trinajstić information content (AvgIpc) is 3.00. The number of hydrogen-bond acceptors (Lipinski definition) is 4. The molecule has 0 spiro atoms. The van der Waals surface area contributed by atoms with E-state index in [1.165, 1.54) is 13.0 Å². The maximum atomic E-state index is 13.1. The molecule has 3 rings (SSSR count). The van der Waals surface area contributed by atoms with Gasteiger partial charge in [0.15, 0.2) is 0 Å². The fourth-order valence-corrected chi connectivity index (χ4v) is 5.35. The molecule has 0 unspecified atom stereocenters. The lowest BCUT2D eigenvalue weighted by Gasteiger charge is -2.22. The molecule has 31 heavy (non-hydrogen) atoms. The van der Waals surface area contributed by atoms with Gasteiger partial charge in [-0.25, -0.2) is 8.42 Å². The summed E-state index contributed by atoms with van der Waals surface area (Å²) in [6.45, 7) is 6.94. The molecule has 2 atom stereocenters. The minimum absolute atomic E-state index is 0.0368. The molecule has 0 fully saturated rings. The number of benzene rings is 2. The fraction of sp³-hybridized carbons (Fsp3) is 0.364. The first-order valence-electron chi connectivity index (χ1n) is 10.0. The average molecular weight is 464 g/mol. The van der Waals surface area contributed by atoms with Gasteiger partial charge in [0.1, 0.15) is 6.04 Å². The van der Waals surface area contributed by atoms with Crippen LogP contribution in [0.5, 0.6) is 0 Å². The Morgan fingerprint density at radius 2 is 1.87 bits per heavy atom. The number of carbonyl (C=O) groups is 2. The van der Waals surface area contributed by atoms with E-state index in [9.17, 15) is 18.0 Å². The summed E-state index contributed by atoms with van der Waals surface area (Å²) in [5, 5.41) is 3.17. The molecule has 2 N–H and O–H groups in total. The molecule has 7 nitrogen and oxygen atoms in total. The summed E-state index contributed by atoms with van der Waals surface area (Å²) >= 11 is 5.96. The van der Waals surface area contributed by atoms with Gasteiger partial charge in [-0.3, -0.25) is 9.59 Å². The summed E-state index contributed by atoms with van der Waals surface area (Å²) in [6, 6.07) is 10.3. The zero-order valence-electron chi connectivity index (χ0n) is 17.8. The van der Waals surface area contributed by atoms with Crippen LogP contribution in [0.15, 0.2) is 47.4 Å². The first kappa shape index (κ1) is 23.2. The van der Waals surface area contributed by atoms with Gasteiger partial charge in [0, 0.05) is 29.4 Å². The first-order valence-corrected chi connectivity index (χ1v) is 11.9. The highest BCUT2D eigenvalue weighted by Crippen LogP contribution is 2.34. The zero-order valence-corrected chi connectivity index (χ0v) is 19.4. The van der Waals surface area contributed by atoms with E-state index >= 15 is 0 Å². The molecule has 0 radical (unpaired) electrons. The minimum Gasteiger partial charge on any atom is -0.325 e. The van der Waals surface area contributed by atoms with Crippen LogP contribution in [-0.2, 0) is 26.0 Å². The first-order chi connectivity index (χ1) is 14.5. The normalized spacial score (nSPS) is 16.8. The highest BCUT2D eigenvalue weighted by atomic mass is 35.5. The Hall–Kier alpha value is -2.42. The van der Waals surface area contributed by atoms with Gasteiger partial charge in [-0.2, -0.15) is 4.72 Å². The van der Waals surface area contributed by atoms with Crippen molar-refractivity contribution in [2.75, 3.05) is 10.2 Å². The molecule has 9 heteroatoms. The molecule has 2 aromatic rings. The van der Waals surface area contributed by atoms with Crippen LogP contribution in [0.2, 0.25) is 5.02 Å². The van der Waals surface area contributed by atoms with Crippen LogP contribution in [0.3, 0.4) is 0 Å². The number of sulfonamides is 1. The van der Waals surface area contributed by atoms with Gasteiger partial charge in [-0.05, 0) is 61.2 Å². The molecule has 0 saturated heterocycles. The Bertz CT molecular complexity index is 1120. The van der Waals surface area contributed by atoms with E-state index in [0.717, 1.165) is 11.3 Å². The predicted octanol–water partition coefficient (Wildman–Crippen LogP) is 3.58. The molecule has 0 aromatic heterocycles. The summed E-state index contributed by atoms with van der Waals surface area (Å²) in [4.78, 5) is 26.4. The van der Waals surface area contributed by atoms with Crippen molar-refractivity contribution >= 4 is 44.8 Å². The maximum Gasteiger partial charge on any atom is 0.242 e. The third kappa shape index (κ3) is 5.08. The third-order valence-electron chi connectivity index (χ3n) is 5.24. The smallest absolute Gasteiger partial charge is 0.242 e. The van der Waals surface area contributed by atoms with Gasteiger partial charge in [-0.15, -0.1) is 0 Å². The third-order valence-corrected chi connectivity index (χ3v) is 6.91. The van der Waals surface area contributed by atoms with Gasteiger partial charge in [0.25, 0.3) is 0 Å². The zero-order chi connectivity index (χ0) is 22.9. The number of rotatable bonds is 6. The van der Waals surface area contributed by atoms with Gasteiger partial charge in [0.2, 0.25) is 21.8 Å². The standard InChI is InChI=1S/C22H26ClN3O4S/c1-13(2)21(22(28)24-18-7-5-6-17(23)12-18)25-31(29,30)19-8-9-20-16(11-19)10-14(3)26(20)15(4)27/h5-9,11-14,21,25H,10H2,1-4H3,(H,24,28)/t14-,21-/m1/s1. The Morgan fingerprint density at radius 1 is 1.16 bits per heavy atom. The summed E-state index contributed by atoms with van der Waals surface area (Å²) in [7, 11) is -3.97. The highest BCUT2D eigenvalue weighted by molar-refractivity contribution is 7.89. The number of nitrogens with one attached hydrogen (secondary N) is 2. The van der Waals surface area contributed by atoms with Crippen molar-refractivity contribution in [1.82, 2.24) is 4.72 Å². The quantitative estimate of drug-likeness (QED) is 0.684. The minimum atomic E-state index is -3.97. The van der Waals surface area contributed by atoms with Gasteiger partial charge in [0.05, 0.1) is 4.90 Å². The second-order valence-electron chi connectivity index (χ2n) is 8.08. The highest BCUT2D eigenvalue weighted by Gasteiger charge is 2.32. The van der Waals surface area contributed by atoms with E-state index in [0.29, 0.717) is 17.1 Å². The van der Waals surface area contributed by atoms with Crippen molar-refractivity contribution in [3.8, 4) is 0 Å². The predicted molar refractivity (Wildman–Crippen MR) is 122 cm³/mol. The summed E-state index contributed by atoms with van der Waals surface area (Å²) < 4.78 is 28.7. The SMILES string of the molecule is CC(=O)N1c2ccc(S(=O)(=O)N[C@@H](C(=O)Nc3cccc(Cl)c3)C(C)C)cc2C[C@H]1C.